The van der Waals surface area contributed by atoms with Crippen LogP contribution >= 0.6 is 0 Å². The molecule has 0 saturated heterocycles. The molecule has 2 aromatic rings. The molecule has 4 rings (SSSR count). The average Bonchev–Trinajstić information content (AvgIpc) is 3.32. The van der Waals surface area contributed by atoms with E-state index in [1.165, 1.54) is 5.01 Å². The number of methoxy groups -OCH3 is 1. The number of likely N-dealkylation sites (N-methyl/N-ethyl adjacent to an activating group) is 1. The van der Waals surface area contributed by atoms with Gasteiger partial charge in [0.25, 0.3) is 5.91 Å². The molecule has 1 fully saturated rings. The minimum atomic E-state index is -0.272. The molecule has 30 heavy (non-hydrogen) atoms. The van der Waals surface area contributed by atoms with Crippen LogP contribution in [0.15, 0.2) is 47.7 Å². The highest BCUT2D eigenvalue weighted by Crippen LogP contribution is 2.37. The predicted octanol–water partition coefficient (Wildman–Crippen LogP) is 2.97. The Bertz CT molecular complexity index is 976. The van der Waals surface area contributed by atoms with Crippen LogP contribution < -0.4 is 4.74 Å². The van der Waals surface area contributed by atoms with E-state index in [1.807, 2.05) is 54.2 Å². The second-order valence-electron chi connectivity index (χ2n) is 8.07. The fourth-order valence-corrected chi connectivity index (χ4v) is 4.16. The van der Waals surface area contributed by atoms with Gasteiger partial charge in [0.1, 0.15) is 12.3 Å². The number of benzene rings is 1. The summed E-state index contributed by atoms with van der Waals surface area (Å²) in [6.45, 7) is 0.0187. The van der Waals surface area contributed by atoms with E-state index in [0.717, 1.165) is 42.0 Å². The number of nitrogens with zero attached hydrogens (tertiary/aromatic N) is 4. The van der Waals surface area contributed by atoms with Crippen molar-refractivity contribution in [3.8, 4) is 5.75 Å². The van der Waals surface area contributed by atoms with E-state index in [-0.39, 0.29) is 30.3 Å². The standard InChI is InChI=1S/C23H28N4O3/c1-25-13-7-11-19(25)18-14-20(17-10-4-5-12-21(17)30-3)27(24-18)22(28)15-26(2)23(29)16-8-6-9-16/h4-5,7,10-13,16,20H,6,8-9,14-15H2,1-3H3/t20-/m0/s1. The van der Waals surface area contributed by atoms with E-state index >= 15 is 0 Å². The van der Waals surface area contributed by atoms with Crippen molar-refractivity contribution in [3.63, 3.8) is 0 Å². The van der Waals surface area contributed by atoms with Crippen molar-refractivity contribution in [2.24, 2.45) is 18.1 Å². The van der Waals surface area contributed by atoms with Gasteiger partial charge in [-0.2, -0.15) is 5.10 Å². The Morgan fingerprint density at radius 2 is 1.97 bits per heavy atom. The van der Waals surface area contributed by atoms with E-state index in [2.05, 4.69) is 0 Å². The lowest BCUT2D eigenvalue weighted by molar-refractivity contribution is -0.144. The molecule has 0 spiro atoms. The Kier molecular flexibility index (Phi) is 5.61. The molecule has 0 radical (unpaired) electrons. The number of carbonyl (C=O) groups excluding carboxylic acids is 2. The number of rotatable bonds is 6. The third-order valence-electron chi connectivity index (χ3n) is 6.11. The number of hydrazone groups is 1. The molecule has 158 valence electrons. The quantitative estimate of drug-likeness (QED) is 0.738. The lowest BCUT2D eigenvalue weighted by Crippen LogP contribution is -2.42. The first kappa shape index (κ1) is 20.2. The first-order valence-corrected chi connectivity index (χ1v) is 10.4. The highest BCUT2D eigenvalue weighted by Gasteiger charge is 2.37. The smallest absolute Gasteiger partial charge is 0.262 e. The molecule has 0 bridgehead atoms. The minimum Gasteiger partial charge on any atom is -0.496 e. The SMILES string of the molecule is COc1ccccc1[C@@H]1CC(c2cccn2C)=NN1C(=O)CN(C)C(=O)C1CCC1. The Morgan fingerprint density at radius 1 is 1.20 bits per heavy atom. The number of ether oxygens (including phenoxy) is 1. The van der Waals surface area contributed by atoms with Crippen LogP contribution in [0, 0.1) is 5.92 Å². The zero-order valence-electron chi connectivity index (χ0n) is 17.7. The van der Waals surface area contributed by atoms with Gasteiger partial charge in [0.15, 0.2) is 0 Å². The number of para-hydroxylation sites is 1. The van der Waals surface area contributed by atoms with E-state index in [0.29, 0.717) is 6.42 Å². The molecule has 0 unspecified atom stereocenters. The van der Waals surface area contributed by atoms with Crippen molar-refractivity contribution in [1.82, 2.24) is 14.5 Å². The Balaban J connectivity index is 1.61. The highest BCUT2D eigenvalue weighted by atomic mass is 16.5. The highest BCUT2D eigenvalue weighted by molar-refractivity contribution is 6.02. The van der Waals surface area contributed by atoms with Crippen LogP contribution in [0.1, 0.15) is 43.0 Å². The maximum Gasteiger partial charge on any atom is 0.262 e. The van der Waals surface area contributed by atoms with E-state index in [9.17, 15) is 9.59 Å². The summed E-state index contributed by atoms with van der Waals surface area (Å²) in [6.07, 6.45) is 5.47. The molecule has 2 amide bonds. The average molecular weight is 409 g/mol. The summed E-state index contributed by atoms with van der Waals surface area (Å²) in [5.41, 5.74) is 2.73. The molecule has 0 N–H and O–H groups in total. The molecular weight excluding hydrogens is 380 g/mol. The third kappa shape index (κ3) is 3.72. The van der Waals surface area contributed by atoms with Crippen LogP contribution in [0.3, 0.4) is 0 Å². The van der Waals surface area contributed by atoms with Gasteiger partial charge in [0.2, 0.25) is 5.91 Å². The number of aryl methyl sites for hydroxylation is 1. The number of hydrogen-bond acceptors (Lipinski definition) is 4. The molecular formula is C23H28N4O3. The van der Waals surface area contributed by atoms with Crippen LogP contribution in [-0.4, -0.2) is 52.7 Å². The first-order valence-electron chi connectivity index (χ1n) is 10.4. The van der Waals surface area contributed by atoms with Crippen molar-refractivity contribution in [2.45, 2.75) is 31.7 Å². The summed E-state index contributed by atoms with van der Waals surface area (Å²) in [4.78, 5) is 27.3. The van der Waals surface area contributed by atoms with Crippen molar-refractivity contribution >= 4 is 17.5 Å². The fraction of sp³-hybridized carbons (Fsp3) is 0.435. The molecule has 2 heterocycles. The van der Waals surface area contributed by atoms with E-state index in [1.54, 1.807) is 19.1 Å². The van der Waals surface area contributed by atoms with Crippen LogP contribution in [0.5, 0.6) is 5.75 Å². The minimum absolute atomic E-state index is 0.0187. The molecule has 2 aliphatic rings. The molecule has 1 aromatic carbocycles. The molecule has 1 aromatic heterocycles. The van der Waals surface area contributed by atoms with Gasteiger partial charge in [0.05, 0.1) is 24.6 Å². The Labute approximate surface area is 176 Å². The van der Waals surface area contributed by atoms with Gasteiger partial charge in [-0.3, -0.25) is 9.59 Å². The molecule has 1 saturated carbocycles. The van der Waals surface area contributed by atoms with Crippen molar-refractivity contribution in [2.75, 3.05) is 20.7 Å². The van der Waals surface area contributed by atoms with Crippen LogP contribution in [0.4, 0.5) is 0 Å². The third-order valence-corrected chi connectivity index (χ3v) is 6.11. The normalized spacial score (nSPS) is 18.7. The largest absolute Gasteiger partial charge is 0.496 e. The lowest BCUT2D eigenvalue weighted by atomic mass is 9.84. The van der Waals surface area contributed by atoms with Gasteiger partial charge in [-0.15, -0.1) is 0 Å². The van der Waals surface area contributed by atoms with Gasteiger partial charge in [-0.05, 0) is 31.0 Å². The van der Waals surface area contributed by atoms with E-state index < -0.39 is 0 Å². The van der Waals surface area contributed by atoms with Crippen molar-refractivity contribution < 1.29 is 14.3 Å². The molecule has 1 aliphatic carbocycles. The van der Waals surface area contributed by atoms with Gasteiger partial charge >= 0.3 is 0 Å². The number of aromatic nitrogens is 1. The fourth-order valence-electron chi connectivity index (χ4n) is 4.16. The van der Waals surface area contributed by atoms with Crippen molar-refractivity contribution in [1.29, 1.82) is 0 Å². The maximum atomic E-state index is 13.2. The number of carbonyl (C=O) groups is 2. The number of amides is 2. The first-order chi connectivity index (χ1) is 14.5. The Morgan fingerprint density at radius 3 is 2.60 bits per heavy atom. The van der Waals surface area contributed by atoms with E-state index in [4.69, 9.17) is 9.84 Å². The molecule has 1 aliphatic heterocycles. The summed E-state index contributed by atoms with van der Waals surface area (Å²) < 4.78 is 7.55. The van der Waals surface area contributed by atoms with Gasteiger partial charge in [-0.25, -0.2) is 5.01 Å². The summed E-state index contributed by atoms with van der Waals surface area (Å²) in [6, 6.07) is 11.4. The molecule has 7 heteroatoms. The summed E-state index contributed by atoms with van der Waals surface area (Å²) >= 11 is 0. The van der Waals surface area contributed by atoms with Gasteiger partial charge < -0.3 is 14.2 Å². The number of hydrogen-bond donors (Lipinski definition) is 0. The van der Waals surface area contributed by atoms with Crippen LogP contribution in [0.2, 0.25) is 0 Å². The van der Waals surface area contributed by atoms with Gasteiger partial charge in [0, 0.05) is 38.2 Å². The monoisotopic (exact) mass is 408 g/mol. The van der Waals surface area contributed by atoms with Gasteiger partial charge in [-0.1, -0.05) is 24.6 Å². The second kappa shape index (κ2) is 8.34. The topological polar surface area (TPSA) is 67.1 Å². The molecule has 1 atom stereocenters. The summed E-state index contributed by atoms with van der Waals surface area (Å²) in [5, 5.41) is 6.23. The van der Waals surface area contributed by atoms with Crippen LogP contribution in [-0.2, 0) is 16.6 Å². The van der Waals surface area contributed by atoms with Crippen molar-refractivity contribution in [3.05, 3.63) is 53.9 Å². The lowest BCUT2D eigenvalue weighted by Gasteiger charge is -2.30. The summed E-state index contributed by atoms with van der Waals surface area (Å²) in [5.74, 6) is 0.649. The zero-order chi connectivity index (χ0) is 21.3. The maximum absolute atomic E-state index is 13.2. The molecule has 7 nitrogen and oxygen atoms in total. The zero-order valence-corrected chi connectivity index (χ0v) is 17.7. The predicted molar refractivity (Wildman–Crippen MR) is 114 cm³/mol. The Hall–Kier alpha value is -3.09. The second-order valence-corrected chi connectivity index (χ2v) is 8.07. The van der Waals surface area contributed by atoms with Crippen LogP contribution in [0.25, 0.3) is 0 Å². The summed E-state index contributed by atoms with van der Waals surface area (Å²) in [7, 11) is 5.30.